The third-order valence-corrected chi connectivity index (χ3v) is 7.23. The molecule has 3 rings (SSSR count). The molecule has 0 spiro atoms. The van der Waals surface area contributed by atoms with Crippen LogP contribution in [0.15, 0.2) is 82.2 Å². The van der Waals surface area contributed by atoms with E-state index in [1.54, 1.807) is 42.5 Å². The van der Waals surface area contributed by atoms with Crippen LogP contribution in [0.3, 0.4) is 0 Å². The molecule has 0 saturated carbocycles. The van der Waals surface area contributed by atoms with Gasteiger partial charge in [0.1, 0.15) is 5.75 Å². The monoisotopic (exact) mass is 487 g/mol. The lowest BCUT2D eigenvalue weighted by atomic mass is 10.1. The minimum absolute atomic E-state index is 0.0393. The first-order valence-corrected chi connectivity index (χ1v) is 11.7. The number of benzene rings is 3. The third kappa shape index (κ3) is 4.91. The predicted molar refractivity (Wildman–Crippen MR) is 121 cm³/mol. The fourth-order valence-corrected chi connectivity index (χ4v) is 4.57. The summed E-state index contributed by atoms with van der Waals surface area (Å²) in [5.41, 5.74) is 2.27. The maximum absolute atomic E-state index is 13.3. The Labute approximate surface area is 185 Å². The number of amides is 1. The molecule has 0 unspecified atom stereocenters. The number of carbonyl (C=O) groups is 1. The Morgan fingerprint density at radius 1 is 1.00 bits per heavy atom. The van der Waals surface area contributed by atoms with Gasteiger partial charge in [-0.2, -0.15) is 4.31 Å². The average molecular weight is 488 g/mol. The number of sulfonamides is 1. The molecule has 3 aromatic rings. The Kier molecular flexibility index (Phi) is 6.95. The van der Waals surface area contributed by atoms with Gasteiger partial charge in [0.2, 0.25) is 0 Å². The van der Waals surface area contributed by atoms with Crippen molar-refractivity contribution in [3.63, 3.8) is 0 Å². The minimum Gasteiger partial charge on any atom is -0.484 e. The number of rotatable bonds is 7. The topological polar surface area (TPSA) is 63.7 Å². The number of aryl methyl sites for hydroxylation is 2. The standard InChI is InChI=1S/C23H22BrNO4S/c1-3-18-9-11-19(12-10-18)25(30(27,28)21-7-5-4-6-8-21)23(26)16-29-20-13-14-22(24)17(2)15-20/h4-15H,3,16H2,1-2H3. The van der Waals surface area contributed by atoms with Crippen LogP contribution in [0.25, 0.3) is 0 Å². The molecule has 0 fully saturated rings. The summed E-state index contributed by atoms with van der Waals surface area (Å²) >= 11 is 3.42. The van der Waals surface area contributed by atoms with Crippen molar-refractivity contribution in [1.29, 1.82) is 0 Å². The molecule has 7 heteroatoms. The predicted octanol–water partition coefficient (Wildman–Crippen LogP) is 5.12. The zero-order valence-corrected chi connectivity index (χ0v) is 19.1. The van der Waals surface area contributed by atoms with Crippen molar-refractivity contribution in [2.75, 3.05) is 10.9 Å². The maximum Gasteiger partial charge on any atom is 0.278 e. The lowest BCUT2D eigenvalue weighted by Gasteiger charge is -2.23. The van der Waals surface area contributed by atoms with Gasteiger partial charge < -0.3 is 4.74 Å². The van der Waals surface area contributed by atoms with Crippen LogP contribution in [0.4, 0.5) is 5.69 Å². The van der Waals surface area contributed by atoms with Crippen molar-refractivity contribution in [2.24, 2.45) is 0 Å². The van der Waals surface area contributed by atoms with Gasteiger partial charge in [0.15, 0.2) is 6.61 Å². The Bertz CT molecular complexity index is 1130. The SMILES string of the molecule is CCc1ccc(N(C(=O)COc2ccc(Br)c(C)c2)S(=O)(=O)c2ccccc2)cc1. The molecular formula is C23H22BrNO4S. The van der Waals surface area contributed by atoms with Crippen LogP contribution in [0.1, 0.15) is 18.1 Å². The zero-order valence-electron chi connectivity index (χ0n) is 16.7. The highest BCUT2D eigenvalue weighted by Gasteiger charge is 2.31. The lowest BCUT2D eigenvalue weighted by molar-refractivity contribution is -0.119. The number of carbonyl (C=O) groups excluding carboxylic acids is 1. The molecule has 3 aromatic carbocycles. The van der Waals surface area contributed by atoms with Gasteiger partial charge >= 0.3 is 0 Å². The smallest absolute Gasteiger partial charge is 0.278 e. The van der Waals surface area contributed by atoms with Crippen molar-refractivity contribution >= 4 is 37.5 Å². The third-order valence-electron chi connectivity index (χ3n) is 4.58. The molecule has 0 heterocycles. The van der Waals surface area contributed by atoms with E-state index in [0.29, 0.717) is 5.75 Å². The molecule has 30 heavy (non-hydrogen) atoms. The van der Waals surface area contributed by atoms with Crippen LogP contribution in [0.5, 0.6) is 5.75 Å². The summed E-state index contributed by atoms with van der Waals surface area (Å²) in [6, 6.07) is 20.1. The highest BCUT2D eigenvalue weighted by Crippen LogP contribution is 2.26. The van der Waals surface area contributed by atoms with Crippen molar-refractivity contribution in [1.82, 2.24) is 0 Å². The number of nitrogens with zero attached hydrogens (tertiary/aromatic N) is 1. The molecule has 1 amide bonds. The molecule has 0 aliphatic carbocycles. The number of hydrogen-bond donors (Lipinski definition) is 0. The second-order valence-electron chi connectivity index (χ2n) is 6.70. The Morgan fingerprint density at radius 3 is 2.27 bits per heavy atom. The van der Waals surface area contributed by atoms with E-state index in [0.717, 1.165) is 26.3 Å². The van der Waals surface area contributed by atoms with Crippen molar-refractivity contribution < 1.29 is 17.9 Å². The van der Waals surface area contributed by atoms with Crippen LogP contribution >= 0.6 is 15.9 Å². The van der Waals surface area contributed by atoms with E-state index in [-0.39, 0.29) is 10.6 Å². The van der Waals surface area contributed by atoms with E-state index in [1.807, 2.05) is 32.0 Å². The van der Waals surface area contributed by atoms with Crippen LogP contribution in [-0.4, -0.2) is 20.9 Å². The molecule has 0 aromatic heterocycles. The largest absolute Gasteiger partial charge is 0.484 e. The van der Waals surface area contributed by atoms with E-state index >= 15 is 0 Å². The first-order chi connectivity index (χ1) is 14.3. The summed E-state index contributed by atoms with van der Waals surface area (Å²) in [5.74, 6) is -0.189. The van der Waals surface area contributed by atoms with Crippen LogP contribution in [0.2, 0.25) is 0 Å². The van der Waals surface area contributed by atoms with Crippen molar-refractivity contribution in [3.05, 3.63) is 88.4 Å². The summed E-state index contributed by atoms with van der Waals surface area (Å²) in [6.07, 6.45) is 0.811. The van der Waals surface area contributed by atoms with Gasteiger partial charge in [0.25, 0.3) is 15.9 Å². The van der Waals surface area contributed by atoms with E-state index in [4.69, 9.17) is 4.74 Å². The second kappa shape index (κ2) is 9.45. The zero-order chi connectivity index (χ0) is 21.7. The Morgan fingerprint density at radius 2 is 1.67 bits per heavy atom. The summed E-state index contributed by atoms with van der Waals surface area (Å²) in [4.78, 5) is 13.1. The normalized spacial score (nSPS) is 11.2. The molecule has 0 bridgehead atoms. The number of anilines is 1. The highest BCUT2D eigenvalue weighted by atomic mass is 79.9. The van der Waals surface area contributed by atoms with Crippen LogP contribution < -0.4 is 9.04 Å². The van der Waals surface area contributed by atoms with Gasteiger partial charge in [0.05, 0.1) is 10.6 Å². The highest BCUT2D eigenvalue weighted by molar-refractivity contribution is 9.10. The van der Waals surface area contributed by atoms with Crippen molar-refractivity contribution in [2.45, 2.75) is 25.2 Å². The Hall–Kier alpha value is -2.64. The van der Waals surface area contributed by atoms with E-state index in [1.165, 1.54) is 12.1 Å². The van der Waals surface area contributed by atoms with Gasteiger partial charge in [0, 0.05) is 4.47 Å². The number of halogens is 1. The summed E-state index contributed by atoms with van der Waals surface area (Å²) < 4.78 is 33.9. The Balaban J connectivity index is 1.93. The molecular weight excluding hydrogens is 466 g/mol. The molecule has 156 valence electrons. The van der Waals surface area contributed by atoms with Gasteiger partial charge in [-0.15, -0.1) is 0 Å². The average Bonchev–Trinajstić information content (AvgIpc) is 2.75. The van der Waals surface area contributed by atoms with Gasteiger partial charge in [-0.1, -0.05) is 53.2 Å². The second-order valence-corrected chi connectivity index (χ2v) is 9.34. The van der Waals surface area contributed by atoms with Crippen LogP contribution in [0, 0.1) is 6.92 Å². The van der Waals surface area contributed by atoms with Crippen LogP contribution in [-0.2, 0) is 21.2 Å². The van der Waals surface area contributed by atoms with E-state index < -0.39 is 22.5 Å². The first-order valence-electron chi connectivity index (χ1n) is 9.44. The number of hydrogen-bond acceptors (Lipinski definition) is 4. The molecule has 0 radical (unpaired) electrons. The van der Waals surface area contributed by atoms with Gasteiger partial charge in [-0.3, -0.25) is 4.79 Å². The molecule has 0 saturated heterocycles. The lowest BCUT2D eigenvalue weighted by Crippen LogP contribution is -2.40. The minimum atomic E-state index is -4.10. The molecule has 0 aliphatic rings. The van der Waals surface area contributed by atoms with E-state index in [2.05, 4.69) is 15.9 Å². The van der Waals surface area contributed by atoms with Crippen molar-refractivity contribution in [3.8, 4) is 5.75 Å². The summed E-state index contributed by atoms with van der Waals surface area (Å²) in [7, 11) is -4.10. The first kappa shape index (κ1) is 22.1. The molecule has 0 aliphatic heterocycles. The quantitative estimate of drug-likeness (QED) is 0.463. The van der Waals surface area contributed by atoms with Gasteiger partial charge in [-0.25, -0.2) is 8.42 Å². The molecule has 0 atom stereocenters. The fourth-order valence-electron chi connectivity index (χ4n) is 2.89. The summed E-state index contributed by atoms with van der Waals surface area (Å²) in [6.45, 7) is 3.50. The van der Waals surface area contributed by atoms with E-state index in [9.17, 15) is 13.2 Å². The van der Waals surface area contributed by atoms with Gasteiger partial charge in [-0.05, 0) is 66.9 Å². The number of ether oxygens (including phenoxy) is 1. The molecule has 5 nitrogen and oxygen atoms in total. The molecule has 0 N–H and O–H groups in total. The summed E-state index contributed by atoms with van der Waals surface area (Å²) in [5, 5.41) is 0. The fraction of sp³-hybridized carbons (Fsp3) is 0.174. The maximum atomic E-state index is 13.3.